The fourth-order valence-corrected chi connectivity index (χ4v) is 3.54. The van der Waals surface area contributed by atoms with Crippen molar-refractivity contribution >= 4 is 44.4 Å². The standard InChI is InChI=1S/C14H16BrNO2S/c1-9-3-12(15)6-13(4-9)16-7-11(5-14(16)18)8-19-10(2)17/h3-4,6,11H,5,7-8H2,1-2H3. The third-order valence-electron chi connectivity index (χ3n) is 3.07. The van der Waals surface area contributed by atoms with Gasteiger partial charge in [-0.05, 0) is 36.6 Å². The number of amides is 1. The van der Waals surface area contributed by atoms with Crippen LogP contribution in [-0.4, -0.2) is 23.3 Å². The number of anilines is 1. The van der Waals surface area contributed by atoms with Crippen LogP contribution in [0.5, 0.6) is 0 Å². The van der Waals surface area contributed by atoms with Crippen LogP contribution < -0.4 is 4.90 Å². The molecule has 1 amide bonds. The topological polar surface area (TPSA) is 37.4 Å². The summed E-state index contributed by atoms with van der Waals surface area (Å²) in [6, 6.07) is 6.00. The van der Waals surface area contributed by atoms with Gasteiger partial charge in [0.2, 0.25) is 5.91 Å². The fraction of sp³-hybridized carbons (Fsp3) is 0.429. The predicted octanol–water partition coefficient (Wildman–Crippen LogP) is 3.39. The van der Waals surface area contributed by atoms with Crippen molar-refractivity contribution in [3.8, 4) is 0 Å². The van der Waals surface area contributed by atoms with Crippen LogP contribution in [-0.2, 0) is 9.59 Å². The molecular weight excluding hydrogens is 326 g/mol. The molecule has 1 atom stereocenters. The molecule has 1 unspecified atom stereocenters. The monoisotopic (exact) mass is 341 g/mol. The van der Waals surface area contributed by atoms with E-state index in [-0.39, 0.29) is 16.9 Å². The Morgan fingerprint density at radius 2 is 2.21 bits per heavy atom. The average Bonchev–Trinajstić information content (AvgIpc) is 2.66. The molecule has 0 spiro atoms. The van der Waals surface area contributed by atoms with E-state index in [0.717, 1.165) is 21.5 Å². The molecule has 1 aliphatic rings. The number of rotatable bonds is 3. The van der Waals surface area contributed by atoms with Crippen LogP contribution in [0.3, 0.4) is 0 Å². The van der Waals surface area contributed by atoms with Crippen molar-refractivity contribution in [2.75, 3.05) is 17.2 Å². The number of hydrogen-bond acceptors (Lipinski definition) is 3. The molecule has 0 aromatic heterocycles. The number of carbonyl (C=O) groups excluding carboxylic acids is 2. The van der Waals surface area contributed by atoms with Crippen molar-refractivity contribution in [1.29, 1.82) is 0 Å². The maximum absolute atomic E-state index is 12.1. The minimum atomic E-state index is 0.115. The number of thioether (sulfide) groups is 1. The molecule has 0 radical (unpaired) electrons. The van der Waals surface area contributed by atoms with E-state index in [9.17, 15) is 9.59 Å². The van der Waals surface area contributed by atoms with Crippen LogP contribution in [0.1, 0.15) is 18.9 Å². The van der Waals surface area contributed by atoms with E-state index in [4.69, 9.17) is 0 Å². The summed E-state index contributed by atoms with van der Waals surface area (Å²) in [5.41, 5.74) is 2.06. The van der Waals surface area contributed by atoms with Crippen LogP contribution in [0, 0.1) is 12.8 Å². The molecule has 2 rings (SSSR count). The van der Waals surface area contributed by atoms with Gasteiger partial charge in [-0.2, -0.15) is 0 Å². The highest BCUT2D eigenvalue weighted by molar-refractivity contribution is 9.10. The van der Waals surface area contributed by atoms with E-state index in [1.165, 1.54) is 11.8 Å². The molecule has 1 fully saturated rings. The second-order valence-corrected chi connectivity index (χ2v) is 6.98. The van der Waals surface area contributed by atoms with Crippen molar-refractivity contribution in [3.63, 3.8) is 0 Å². The Labute approximate surface area is 125 Å². The van der Waals surface area contributed by atoms with Gasteiger partial charge < -0.3 is 4.90 Å². The summed E-state index contributed by atoms with van der Waals surface area (Å²) in [4.78, 5) is 24.9. The van der Waals surface area contributed by atoms with Crippen LogP contribution in [0.2, 0.25) is 0 Å². The highest BCUT2D eigenvalue weighted by Crippen LogP contribution is 2.30. The summed E-state index contributed by atoms with van der Waals surface area (Å²) in [5.74, 6) is 1.14. The minimum Gasteiger partial charge on any atom is -0.312 e. The molecule has 1 aromatic carbocycles. The molecule has 102 valence electrons. The van der Waals surface area contributed by atoms with E-state index in [2.05, 4.69) is 15.9 Å². The van der Waals surface area contributed by atoms with Crippen LogP contribution in [0.25, 0.3) is 0 Å². The average molecular weight is 342 g/mol. The first-order valence-corrected chi connectivity index (χ1v) is 7.94. The second kappa shape index (κ2) is 6.09. The summed E-state index contributed by atoms with van der Waals surface area (Å²) in [7, 11) is 0. The van der Waals surface area contributed by atoms with Crippen molar-refractivity contribution in [3.05, 3.63) is 28.2 Å². The predicted molar refractivity (Wildman–Crippen MR) is 82.5 cm³/mol. The zero-order valence-electron chi connectivity index (χ0n) is 11.0. The molecule has 0 aliphatic carbocycles. The number of nitrogens with zero attached hydrogens (tertiary/aromatic N) is 1. The Morgan fingerprint density at radius 3 is 2.84 bits per heavy atom. The lowest BCUT2D eigenvalue weighted by Gasteiger charge is -2.17. The van der Waals surface area contributed by atoms with Gasteiger partial charge in [-0.1, -0.05) is 27.7 Å². The van der Waals surface area contributed by atoms with E-state index < -0.39 is 0 Å². The summed E-state index contributed by atoms with van der Waals surface area (Å²) in [6.07, 6.45) is 0.534. The van der Waals surface area contributed by atoms with Gasteiger partial charge >= 0.3 is 0 Å². The van der Waals surface area contributed by atoms with E-state index in [1.807, 2.05) is 30.0 Å². The van der Waals surface area contributed by atoms with Gasteiger partial charge in [0.05, 0.1) is 0 Å². The van der Waals surface area contributed by atoms with Gasteiger partial charge in [0.25, 0.3) is 0 Å². The maximum atomic E-state index is 12.1. The van der Waals surface area contributed by atoms with Crippen molar-refractivity contribution in [1.82, 2.24) is 0 Å². The zero-order chi connectivity index (χ0) is 14.0. The quantitative estimate of drug-likeness (QED) is 0.845. The lowest BCUT2D eigenvalue weighted by atomic mass is 10.1. The highest BCUT2D eigenvalue weighted by Gasteiger charge is 2.30. The first-order valence-electron chi connectivity index (χ1n) is 6.16. The Morgan fingerprint density at radius 1 is 1.47 bits per heavy atom. The van der Waals surface area contributed by atoms with Crippen molar-refractivity contribution in [2.45, 2.75) is 20.3 Å². The molecule has 3 nitrogen and oxygen atoms in total. The van der Waals surface area contributed by atoms with Crippen LogP contribution >= 0.6 is 27.7 Å². The summed E-state index contributed by atoms with van der Waals surface area (Å²) in [6.45, 7) is 4.28. The molecule has 0 N–H and O–H groups in total. The fourth-order valence-electron chi connectivity index (χ4n) is 2.25. The van der Waals surface area contributed by atoms with E-state index in [0.29, 0.717) is 13.0 Å². The Bertz CT molecular complexity index is 498. The van der Waals surface area contributed by atoms with Crippen molar-refractivity contribution < 1.29 is 9.59 Å². The molecule has 0 saturated carbocycles. The Hall–Kier alpha value is -0.810. The molecule has 19 heavy (non-hydrogen) atoms. The zero-order valence-corrected chi connectivity index (χ0v) is 13.4. The van der Waals surface area contributed by atoms with Gasteiger partial charge in [-0.3, -0.25) is 9.59 Å². The number of hydrogen-bond donors (Lipinski definition) is 0. The van der Waals surface area contributed by atoms with Gasteiger partial charge in [0, 0.05) is 35.8 Å². The smallest absolute Gasteiger partial charge is 0.227 e. The number of halogens is 1. The van der Waals surface area contributed by atoms with Gasteiger partial charge in [-0.15, -0.1) is 0 Å². The maximum Gasteiger partial charge on any atom is 0.227 e. The number of aryl methyl sites for hydroxylation is 1. The number of carbonyl (C=O) groups is 2. The third kappa shape index (κ3) is 3.83. The Balaban J connectivity index is 2.09. The molecule has 1 saturated heterocycles. The molecule has 1 heterocycles. The van der Waals surface area contributed by atoms with Crippen LogP contribution in [0.4, 0.5) is 5.69 Å². The molecule has 1 aromatic rings. The SMILES string of the molecule is CC(=O)SCC1CC(=O)N(c2cc(C)cc(Br)c2)C1. The molecule has 0 bridgehead atoms. The van der Waals surface area contributed by atoms with Gasteiger partial charge in [0.15, 0.2) is 5.12 Å². The summed E-state index contributed by atoms with van der Waals surface area (Å²) in [5, 5.41) is 0.115. The third-order valence-corrected chi connectivity index (χ3v) is 4.57. The van der Waals surface area contributed by atoms with Gasteiger partial charge in [0.1, 0.15) is 0 Å². The number of benzene rings is 1. The summed E-state index contributed by atoms with van der Waals surface area (Å²) >= 11 is 4.77. The highest BCUT2D eigenvalue weighted by atomic mass is 79.9. The second-order valence-electron chi connectivity index (χ2n) is 4.86. The van der Waals surface area contributed by atoms with E-state index >= 15 is 0 Å². The normalized spacial score (nSPS) is 19.0. The van der Waals surface area contributed by atoms with Crippen molar-refractivity contribution in [2.24, 2.45) is 5.92 Å². The molecule has 1 aliphatic heterocycles. The summed E-state index contributed by atoms with van der Waals surface area (Å²) < 4.78 is 0.983. The lowest BCUT2D eigenvalue weighted by molar-refractivity contribution is -0.117. The largest absolute Gasteiger partial charge is 0.312 e. The molecular formula is C14H16BrNO2S. The van der Waals surface area contributed by atoms with E-state index in [1.54, 1.807) is 6.92 Å². The molecule has 5 heteroatoms. The minimum absolute atomic E-state index is 0.115. The lowest BCUT2D eigenvalue weighted by Crippen LogP contribution is -2.24. The Kier molecular flexibility index (Phi) is 4.68. The van der Waals surface area contributed by atoms with Crippen LogP contribution in [0.15, 0.2) is 22.7 Å². The first kappa shape index (κ1) is 14.6. The first-order chi connectivity index (χ1) is 8.95. The van der Waals surface area contributed by atoms with Gasteiger partial charge in [-0.25, -0.2) is 0 Å².